The van der Waals surface area contributed by atoms with Gasteiger partial charge >= 0.3 is 16.5 Å². The third kappa shape index (κ3) is 1.86. The number of halogens is 1. The number of aryl methyl sites for hydroxylation is 2. The van der Waals surface area contributed by atoms with Gasteiger partial charge in [0, 0.05) is 0 Å². The van der Waals surface area contributed by atoms with Crippen molar-refractivity contribution >= 4 is 39.0 Å². The smallest absolute Gasteiger partial charge is 0.291 e. The van der Waals surface area contributed by atoms with Crippen molar-refractivity contribution in [3.8, 4) is 0 Å². The zero-order valence-electron chi connectivity index (χ0n) is 6.32. The van der Waals surface area contributed by atoms with Crippen molar-refractivity contribution in [2.75, 3.05) is 0 Å². The molecule has 0 spiro atoms. The molecule has 0 radical (unpaired) electrons. The first-order chi connectivity index (χ1) is 4.75. The fraction of sp³-hybridized carbons (Fsp3) is 0.250. The Morgan fingerprint density at radius 1 is 1.20 bits per heavy atom. The maximum absolute atomic E-state index is 2.54. The molecule has 0 N–H and O–H groups in total. The summed E-state index contributed by atoms with van der Waals surface area (Å²) in [6.45, 7) is 4.40. The van der Waals surface area contributed by atoms with Gasteiger partial charge in [-0.2, -0.15) is 0 Å². The molecule has 0 atom stereocenters. The van der Waals surface area contributed by atoms with Crippen LogP contribution in [0.25, 0.3) is 0 Å². The van der Waals surface area contributed by atoms with E-state index in [9.17, 15) is 0 Å². The quantitative estimate of drug-likeness (QED) is 0.532. The Bertz CT molecular complexity index is 212. The van der Waals surface area contributed by atoms with Crippen molar-refractivity contribution in [3.05, 3.63) is 29.3 Å². The second-order valence-corrected chi connectivity index (χ2v) is 5.77. The van der Waals surface area contributed by atoms with Crippen molar-refractivity contribution in [3.63, 3.8) is 0 Å². The Morgan fingerprint density at radius 2 is 1.70 bits per heavy atom. The monoisotopic (exact) mass is 256 g/mol. The Balaban J connectivity index is 3.17. The molecule has 0 aromatic heterocycles. The lowest BCUT2D eigenvalue weighted by Crippen LogP contribution is -2.15. The lowest BCUT2D eigenvalue weighted by Gasteiger charge is -2.04. The fourth-order valence-electron chi connectivity index (χ4n) is 1.06. The lowest BCUT2D eigenvalue weighted by molar-refractivity contribution is 1.43. The molecule has 0 aliphatic heterocycles. The van der Waals surface area contributed by atoms with Crippen LogP contribution in [0.2, 0.25) is 0 Å². The Labute approximate surface area is 81.5 Å². The van der Waals surface area contributed by atoms with Crippen molar-refractivity contribution in [2.24, 2.45) is 0 Å². The Morgan fingerprint density at radius 3 is 2.00 bits per heavy atom. The molecule has 1 rings (SSSR count). The highest BCUT2D eigenvalue weighted by Gasteiger charge is 2.00. The second kappa shape index (κ2) is 3.92. The molecule has 50 valence electrons. The minimum atomic E-state index is 0.00340. The van der Waals surface area contributed by atoms with Gasteiger partial charge in [0.05, 0.1) is 0 Å². The SMILES string of the molecule is Cc1cccc(C)[c]1[Mg][I]. The van der Waals surface area contributed by atoms with Crippen LogP contribution in [0.5, 0.6) is 0 Å². The van der Waals surface area contributed by atoms with Crippen LogP contribution >= 0.6 is 18.9 Å². The summed E-state index contributed by atoms with van der Waals surface area (Å²) in [5.41, 5.74) is 2.95. The summed E-state index contributed by atoms with van der Waals surface area (Å²) in [5, 5.41) is 0. The van der Waals surface area contributed by atoms with E-state index in [0.29, 0.717) is 0 Å². The molecular weight excluding hydrogens is 247 g/mol. The van der Waals surface area contributed by atoms with E-state index >= 15 is 0 Å². The minimum absolute atomic E-state index is 0.00340. The normalized spacial score (nSPS) is 9.10. The van der Waals surface area contributed by atoms with Gasteiger partial charge in [0.1, 0.15) is 0 Å². The summed E-state index contributed by atoms with van der Waals surface area (Å²) in [4.78, 5) is 0. The molecular formula is C8H9IMg. The number of hydrogen-bond donors (Lipinski definition) is 0. The van der Waals surface area contributed by atoms with Gasteiger partial charge in [-0.1, -0.05) is 29.3 Å². The zero-order chi connectivity index (χ0) is 7.56. The molecule has 0 amide bonds. The van der Waals surface area contributed by atoms with Crippen LogP contribution in [-0.4, -0.2) is 16.5 Å². The Hall–Kier alpha value is 0.716. The second-order valence-electron chi connectivity index (χ2n) is 2.50. The molecule has 0 aliphatic carbocycles. The highest BCUT2D eigenvalue weighted by atomic mass is 127. The Kier molecular flexibility index (Phi) is 3.46. The van der Waals surface area contributed by atoms with Crippen molar-refractivity contribution in [1.82, 2.24) is 0 Å². The van der Waals surface area contributed by atoms with Gasteiger partial charge in [0.15, 0.2) is 0 Å². The average Bonchev–Trinajstić information content (AvgIpc) is 1.88. The maximum atomic E-state index is 2.54. The standard InChI is InChI=1S/C8H9.HI.Mg/c1-7-4-3-5-8(2)6-7;;/h3-5H,1-2H3;1H;/q;;+1/p-1. The summed E-state index contributed by atoms with van der Waals surface area (Å²) in [7, 11) is 0. The van der Waals surface area contributed by atoms with Crippen molar-refractivity contribution < 1.29 is 0 Å². The number of benzene rings is 1. The van der Waals surface area contributed by atoms with E-state index in [1.807, 2.05) is 0 Å². The summed E-state index contributed by atoms with van der Waals surface area (Å²) < 4.78 is 1.63. The van der Waals surface area contributed by atoms with Crippen LogP contribution in [0.1, 0.15) is 11.1 Å². The van der Waals surface area contributed by atoms with Gasteiger partial charge in [-0.05, 0) is 13.8 Å². The van der Waals surface area contributed by atoms with Gasteiger partial charge in [-0.15, -0.1) is 3.69 Å². The summed E-state index contributed by atoms with van der Waals surface area (Å²) in [6, 6.07) is 6.54. The molecule has 10 heavy (non-hydrogen) atoms. The van der Waals surface area contributed by atoms with E-state index in [4.69, 9.17) is 0 Å². The fourth-order valence-corrected chi connectivity index (χ4v) is 5.33. The first-order valence-electron chi connectivity index (χ1n) is 3.36. The highest BCUT2D eigenvalue weighted by Crippen LogP contribution is 1.99. The molecule has 0 fully saturated rings. The van der Waals surface area contributed by atoms with E-state index in [1.165, 1.54) is 11.1 Å². The number of rotatable bonds is 1. The maximum Gasteiger partial charge on any atom is 0.503 e. The largest absolute Gasteiger partial charge is 0.503 e. The zero-order valence-corrected chi connectivity index (χ0v) is 9.89. The predicted octanol–water partition coefficient (Wildman–Crippen LogP) is 1.98. The summed E-state index contributed by atoms with van der Waals surface area (Å²) in [6.07, 6.45) is 0. The van der Waals surface area contributed by atoms with Crippen LogP contribution in [0.3, 0.4) is 0 Å². The molecule has 0 nitrogen and oxygen atoms in total. The first-order valence-corrected chi connectivity index (χ1v) is 9.18. The molecule has 2 heteroatoms. The van der Waals surface area contributed by atoms with Crippen LogP contribution in [-0.2, 0) is 0 Å². The molecule has 0 unspecified atom stereocenters. The molecule has 1 aromatic rings. The highest BCUT2D eigenvalue weighted by molar-refractivity contribution is 14.1. The molecule has 0 aliphatic rings. The minimum Gasteiger partial charge on any atom is -0.291 e. The van der Waals surface area contributed by atoms with Crippen LogP contribution < -0.4 is 3.69 Å². The van der Waals surface area contributed by atoms with Gasteiger partial charge in [0.25, 0.3) is 0 Å². The van der Waals surface area contributed by atoms with E-state index in [-0.39, 0.29) is 16.5 Å². The topological polar surface area (TPSA) is 0 Å². The van der Waals surface area contributed by atoms with E-state index < -0.39 is 0 Å². The van der Waals surface area contributed by atoms with E-state index in [1.54, 1.807) is 3.69 Å². The summed E-state index contributed by atoms with van der Waals surface area (Å²) in [5.74, 6) is 0. The third-order valence-corrected chi connectivity index (χ3v) is 5.45. The van der Waals surface area contributed by atoms with Gasteiger partial charge < -0.3 is 0 Å². The predicted molar refractivity (Wildman–Crippen MR) is 55.3 cm³/mol. The van der Waals surface area contributed by atoms with E-state index in [0.717, 1.165) is 0 Å². The lowest BCUT2D eigenvalue weighted by atomic mass is 10.1. The van der Waals surface area contributed by atoms with Crippen LogP contribution in [0.4, 0.5) is 0 Å². The average molecular weight is 256 g/mol. The molecule has 1 aromatic carbocycles. The third-order valence-electron chi connectivity index (χ3n) is 1.78. The van der Waals surface area contributed by atoms with Gasteiger partial charge in [0.2, 0.25) is 0 Å². The van der Waals surface area contributed by atoms with Crippen LogP contribution in [0, 0.1) is 13.8 Å². The van der Waals surface area contributed by atoms with E-state index in [2.05, 4.69) is 50.9 Å². The van der Waals surface area contributed by atoms with Gasteiger partial charge in [-0.3, -0.25) is 18.9 Å². The molecule has 0 saturated carbocycles. The van der Waals surface area contributed by atoms with Crippen molar-refractivity contribution in [1.29, 1.82) is 0 Å². The van der Waals surface area contributed by atoms with Gasteiger partial charge in [-0.25, -0.2) is 0 Å². The molecule has 0 bridgehead atoms. The molecule has 0 heterocycles. The summed E-state index contributed by atoms with van der Waals surface area (Å²) >= 11 is 2.55. The first kappa shape index (κ1) is 8.81. The number of hydrogen-bond acceptors (Lipinski definition) is 0. The van der Waals surface area contributed by atoms with Crippen LogP contribution in [0.15, 0.2) is 18.2 Å². The van der Waals surface area contributed by atoms with Crippen molar-refractivity contribution in [2.45, 2.75) is 13.8 Å². The molecule has 0 saturated heterocycles.